The van der Waals surface area contributed by atoms with E-state index in [0.717, 1.165) is 24.9 Å². The molecular formula is C16H24N2O. The largest absolute Gasteiger partial charge is 0.494 e. The Bertz CT molecular complexity index is 404. The van der Waals surface area contributed by atoms with Crippen molar-refractivity contribution in [3.8, 4) is 5.75 Å². The second-order valence-corrected chi connectivity index (χ2v) is 5.56. The molecule has 0 N–H and O–H groups in total. The molecule has 2 fully saturated rings. The Balaban J connectivity index is 1.65. The zero-order valence-corrected chi connectivity index (χ0v) is 11.8. The molecule has 0 bridgehead atoms. The molecule has 1 aromatic rings. The van der Waals surface area contributed by atoms with Gasteiger partial charge in [0.25, 0.3) is 0 Å². The minimum absolute atomic E-state index is 0.736. The third-order valence-corrected chi connectivity index (χ3v) is 4.35. The normalized spacial score (nSPS) is 24.1. The predicted octanol–water partition coefficient (Wildman–Crippen LogP) is 2.76. The van der Waals surface area contributed by atoms with Gasteiger partial charge in [0.05, 0.1) is 6.61 Å². The molecular weight excluding hydrogens is 236 g/mol. The highest BCUT2D eigenvalue weighted by Gasteiger charge is 2.28. The number of anilines is 1. The number of nitrogens with zero attached hydrogens (tertiary/aromatic N) is 2. The molecule has 1 atom stereocenters. The van der Waals surface area contributed by atoms with Gasteiger partial charge in [-0.15, -0.1) is 0 Å². The van der Waals surface area contributed by atoms with Gasteiger partial charge in [0.2, 0.25) is 0 Å². The molecule has 2 aliphatic heterocycles. The maximum atomic E-state index is 5.51. The number of piperidine rings is 1. The van der Waals surface area contributed by atoms with Crippen LogP contribution in [0.4, 0.5) is 5.69 Å². The summed E-state index contributed by atoms with van der Waals surface area (Å²) < 4.78 is 5.51. The van der Waals surface area contributed by atoms with E-state index in [0.29, 0.717) is 0 Å². The van der Waals surface area contributed by atoms with Gasteiger partial charge < -0.3 is 9.64 Å². The summed E-state index contributed by atoms with van der Waals surface area (Å²) in [4.78, 5) is 5.21. The molecule has 0 spiro atoms. The first-order valence-electron chi connectivity index (χ1n) is 7.58. The third kappa shape index (κ3) is 2.86. The van der Waals surface area contributed by atoms with Crippen LogP contribution >= 0.6 is 0 Å². The summed E-state index contributed by atoms with van der Waals surface area (Å²) in [5.41, 5.74) is 1.34. The van der Waals surface area contributed by atoms with Gasteiger partial charge in [-0.1, -0.05) is 6.42 Å². The molecule has 0 aliphatic carbocycles. The topological polar surface area (TPSA) is 15.7 Å². The lowest BCUT2D eigenvalue weighted by molar-refractivity contribution is 0.133. The highest BCUT2D eigenvalue weighted by molar-refractivity contribution is 5.49. The molecule has 3 heteroatoms. The summed E-state index contributed by atoms with van der Waals surface area (Å²) in [5.74, 6) is 0.975. The second kappa shape index (κ2) is 5.83. The maximum absolute atomic E-state index is 5.51. The summed E-state index contributed by atoms with van der Waals surface area (Å²) >= 11 is 0. The second-order valence-electron chi connectivity index (χ2n) is 5.56. The van der Waals surface area contributed by atoms with Crippen LogP contribution in [-0.2, 0) is 0 Å². The molecule has 2 saturated heterocycles. The molecule has 104 valence electrons. The van der Waals surface area contributed by atoms with Crippen molar-refractivity contribution in [2.24, 2.45) is 0 Å². The van der Waals surface area contributed by atoms with Crippen molar-refractivity contribution in [3.05, 3.63) is 24.3 Å². The maximum Gasteiger partial charge on any atom is 0.119 e. The first-order valence-corrected chi connectivity index (χ1v) is 7.58. The lowest BCUT2D eigenvalue weighted by atomic mass is 9.99. The van der Waals surface area contributed by atoms with Gasteiger partial charge in [0.15, 0.2) is 0 Å². The zero-order chi connectivity index (χ0) is 13.1. The Kier molecular flexibility index (Phi) is 3.92. The Morgan fingerprint density at radius 3 is 2.74 bits per heavy atom. The average molecular weight is 260 g/mol. The summed E-state index contributed by atoms with van der Waals surface area (Å²) in [5, 5.41) is 0. The van der Waals surface area contributed by atoms with E-state index >= 15 is 0 Å². The third-order valence-electron chi connectivity index (χ3n) is 4.35. The molecule has 1 aromatic carbocycles. The molecule has 0 radical (unpaired) electrons. The first kappa shape index (κ1) is 12.8. The number of benzene rings is 1. The quantitative estimate of drug-likeness (QED) is 0.831. The van der Waals surface area contributed by atoms with E-state index in [2.05, 4.69) is 34.1 Å². The molecule has 0 aromatic heterocycles. The van der Waals surface area contributed by atoms with Crippen LogP contribution in [0, 0.1) is 0 Å². The van der Waals surface area contributed by atoms with Crippen molar-refractivity contribution in [3.63, 3.8) is 0 Å². The molecule has 1 unspecified atom stereocenters. The molecule has 0 amide bonds. The average Bonchev–Trinajstić information content (AvgIpc) is 2.48. The van der Waals surface area contributed by atoms with Crippen LogP contribution in [0.2, 0.25) is 0 Å². The Hall–Kier alpha value is -1.22. The fourth-order valence-electron chi connectivity index (χ4n) is 3.31. The highest BCUT2D eigenvalue weighted by atomic mass is 16.5. The van der Waals surface area contributed by atoms with E-state index in [4.69, 9.17) is 4.74 Å². The lowest BCUT2D eigenvalue weighted by Crippen LogP contribution is -2.54. The highest BCUT2D eigenvalue weighted by Crippen LogP contribution is 2.26. The van der Waals surface area contributed by atoms with Crippen LogP contribution < -0.4 is 9.64 Å². The fraction of sp³-hybridized carbons (Fsp3) is 0.625. The van der Waals surface area contributed by atoms with Gasteiger partial charge in [-0.05, 0) is 50.6 Å². The number of hydrogen-bond donors (Lipinski definition) is 0. The Morgan fingerprint density at radius 2 is 1.95 bits per heavy atom. The zero-order valence-electron chi connectivity index (χ0n) is 11.8. The number of fused-ring (bicyclic) bond motifs is 1. The summed E-state index contributed by atoms with van der Waals surface area (Å²) in [6.45, 7) is 7.63. The number of piperazine rings is 1. The van der Waals surface area contributed by atoms with Crippen LogP contribution in [0.5, 0.6) is 5.75 Å². The Morgan fingerprint density at radius 1 is 1.11 bits per heavy atom. The molecule has 2 aliphatic rings. The van der Waals surface area contributed by atoms with Crippen LogP contribution in [-0.4, -0.2) is 43.7 Å². The van der Waals surface area contributed by atoms with Gasteiger partial charge in [-0.2, -0.15) is 0 Å². The minimum atomic E-state index is 0.736. The van der Waals surface area contributed by atoms with Crippen LogP contribution in [0.1, 0.15) is 26.2 Å². The van der Waals surface area contributed by atoms with Crippen molar-refractivity contribution in [1.82, 2.24) is 4.90 Å². The molecule has 2 heterocycles. The SMILES string of the molecule is CCOc1ccc(N2CCN3CCCCC3C2)cc1. The van der Waals surface area contributed by atoms with Crippen molar-refractivity contribution < 1.29 is 4.74 Å². The van der Waals surface area contributed by atoms with E-state index in [1.165, 1.54) is 44.6 Å². The fourth-order valence-corrected chi connectivity index (χ4v) is 3.31. The molecule has 0 saturated carbocycles. The predicted molar refractivity (Wildman–Crippen MR) is 79.0 cm³/mol. The van der Waals surface area contributed by atoms with Crippen molar-refractivity contribution in [2.45, 2.75) is 32.2 Å². The van der Waals surface area contributed by atoms with Crippen LogP contribution in [0.3, 0.4) is 0 Å². The van der Waals surface area contributed by atoms with E-state index < -0.39 is 0 Å². The van der Waals surface area contributed by atoms with Crippen molar-refractivity contribution in [2.75, 3.05) is 37.7 Å². The van der Waals surface area contributed by atoms with Gasteiger partial charge in [-0.25, -0.2) is 0 Å². The first-order chi connectivity index (χ1) is 9.36. The number of rotatable bonds is 3. The molecule has 3 rings (SSSR count). The van der Waals surface area contributed by atoms with E-state index in [9.17, 15) is 0 Å². The van der Waals surface area contributed by atoms with Crippen molar-refractivity contribution in [1.29, 1.82) is 0 Å². The number of ether oxygens (including phenoxy) is 1. The molecule has 3 nitrogen and oxygen atoms in total. The Labute approximate surface area is 116 Å². The minimum Gasteiger partial charge on any atom is -0.494 e. The van der Waals surface area contributed by atoms with Gasteiger partial charge in [-0.3, -0.25) is 4.90 Å². The van der Waals surface area contributed by atoms with Crippen LogP contribution in [0.15, 0.2) is 24.3 Å². The van der Waals surface area contributed by atoms with Gasteiger partial charge in [0.1, 0.15) is 5.75 Å². The lowest BCUT2D eigenvalue weighted by Gasteiger charge is -2.44. The number of hydrogen-bond acceptors (Lipinski definition) is 3. The van der Waals surface area contributed by atoms with Gasteiger partial charge in [0, 0.05) is 31.4 Å². The monoisotopic (exact) mass is 260 g/mol. The summed E-state index contributed by atoms with van der Waals surface area (Å²) in [6, 6.07) is 9.35. The van der Waals surface area contributed by atoms with Crippen LogP contribution in [0.25, 0.3) is 0 Å². The smallest absolute Gasteiger partial charge is 0.119 e. The van der Waals surface area contributed by atoms with Crippen molar-refractivity contribution >= 4 is 5.69 Å². The molecule has 19 heavy (non-hydrogen) atoms. The van der Waals surface area contributed by atoms with E-state index in [1.54, 1.807) is 0 Å². The van der Waals surface area contributed by atoms with Gasteiger partial charge >= 0.3 is 0 Å². The summed E-state index contributed by atoms with van der Waals surface area (Å²) in [6.07, 6.45) is 4.16. The standard InChI is InChI=1S/C16H24N2O/c1-2-19-16-8-6-14(7-9-16)18-12-11-17-10-4-3-5-15(17)13-18/h6-9,15H,2-5,10-13H2,1H3. The van der Waals surface area contributed by atoms with E-state index in [-0.39, 0.29) is 0 Å². The summed E-state index contributed by atoms with van der Waals surface area (Å²) in [7, 11) is 0. The van der Waals surface area contributed by atoms with E-state index in [1.807, 2.05) is 6.92 Å².